The highest BCUT2D eigenvalue weighted by Crippen LogP contribution is 2.23. The summed E-state index contributed by atoms with van der Waals surface area (Å²) in [5, 5.41) is 16.5. The molecule has 0 aliphatic carbocycles. The van der Waals surface area contributed by atoms with E-state index >= 15 is 0 Å². The van der Waals surface area contributed by atoms with Crippen molar-refractivity contribution in [2.45, 2.75) is 20.3 Å². The first kappa shape index (κ1) is 16.5. The van der Waals surface area contributed by atoms with Crippen molar-refractivity contribution in [1.29, 1.82) is 0 Å². The van der Waals surface area contributed by atoms with Crippen LogP contribution < -0.4 is 10.9 Å². The molecule has 2 rings (SSSR count). The third-order valence-corrected chi connectivity index (χ3v) is 3.83. The molecule has 6 heteroatoms. The Morgan fingerprint density at radius 2 is 2.00 bits per heavy atom. The van der Waals surface area contributed by atoms with Crippen LogP contribution in [0.5, 0.6) is 0 Å². The second-order valence-corrected chi connectivity index (χ2v) is 6.29. The van der Waals surface area contributed by atoms with Gasteiger partial charge in [0.05, 0.1) is 17.6 Å². The molecule has 0 amide bonds. The molecule has 0 aliphatic rings. The number of para-hydroxylation sites is 1. The highest BCUT2D eigenvalue weighted by atomic mass is 35.5. The van der Waals surface area contributed by atoms with Crippen LogP contribution in [0, 0.1) is 5.41 Å². The minimum absolute atomic E-state index is 0.105. The number of aliphatic hydroxyl groups excluding tert-OH is 1. The van der Waals surface area contributed by atoms with Crippen molar-refractivity contribution >= 4 is 17.3 Å². The zero-order valence-electron chi connectivity index (χ0n) is 12.7. The summed E-state index contributed by atoms with van der Waals surface area (Å²) >= 11 is 6.17. The molecule has 0 bridgehead atoms. The molecule has 0 atom stereocenters. The quantitative estimate of drug-likeness (QED) is 0.858. The smallest absolute Gasteiger partial charge is 0.292 e. The molecule has 2 aromatic rings. The first-order valence-electron chi connectivity index (χ1n) is 7.12. The minimum atomic E-state index is -0.363. The predicted octanol–water partition coefficient (Wildman–Crippen LogP) is 2.71. The molecule has 0 fully saturated rings. The second-order valence-electron chi connectivity index (χ2n) is 5.92. The van der Waals surface area contributed by atoms with E-state index in [1.807, 2.05) is 32.0 Å². The van der Waals surface area contributed by atoms with E-state index in [0.29, 0.717) is 24.3 Å². The fraction of sp³-hybridized carbons (Fsp3) is 0.375. The molecule has 5 nitrogen and oxygen atoms in total. The number of nitrogens with zero attached hydrogens (tertiary/aromatic N) is 2. The Balaban J connectivity index is 2.23. The number of aliphatic hydroxyl groups is 1. The summed E-state index contributed by atoms with van der Waals surface area (Å²) in [6, 6.07) is 9.13. The molecule has 22 heavy (non-hydrogen) atoms. The molecule has 0 spiro atoms. The maximum Gasteiger partial charge on any atom is 0.292 e. The normalized spacial score (nSPS) is 11.5. The summed E-state index contributed by atoms with van der Waals surface area (Å²) in [5.41, 5.74) is 0.705. The molecule has 0 radical (unpaired) electrons. The predicted molar refractivity (Wildman–Crippen MR) is 88.8 cm³/mol. The fourth-order valence-corrected chi connectivity index (χ4v) is 2.23. The molecule has 2 N–H and O–H groups in total. The highest BCUT2D eigenvalue weighted by Gasteiger charge is 2.18. The number of hydrogen-bond donors (Lipinski definition) is 2. The largest absolute Gasteiger partial charge is 0.396 e. The zero-order chi connectivity index (χ0) is 16.2. The van der Waals surface area contributed by atoms with Gasteiger partial charge in [-0.2, -0.15) is 9.78 Å². The van der Waals surface area contributed by atoms with Crippen LogP contribution >= 0.6 is 11.6 Å². The minimum Gasteiger partial charge on any atom is -0.396 e. The van der Waals surface area contributed by atoms with Gasteiger partial charge >= 0.3 is 0 Å². The van der Waals surface area contributed by atoms with Crippen molar-refractivity contribution in [3.63, 3.8) is 0 Å². The topological polar surface area (TPSA) is 67.2 Å². The molecule has 1 aromatic heterocycles. The summed E-state index contributed by atoms with van der Waals surface area (Å²) < 4.78 is 1.27. The van der Waals surface area contributed by atoms with E-state index in [-0.39, 0.29) is 22.6 Å². The van der Waals surface area contributed by atoms with Gasteiger partial charge in [0.15, 0.2) is 0 Å². The Hall–Kier alpha value is -1.85. The summed E-state index contributed by atoms with van der Waals surface area (Å²) in [5.74, 6) is 0. The Kier molecular flexibility index (Phi) is 5.21. The molecule has 0 saturated heterocycles. The average molecular weight is 322 g/mol. The Labute approximate surface area is 134 Å². The monoisotopic (exact) mass is 321 g/mol. The maximum atomic E-state index is 12.3. The van der Waals surface area contributed by atoms with Gasteiger partial charge in [-0.3, -0.25) is 4.79 Å². The van der Waals surface area contributed by atoms with Gasteiger partial charge in [0.2, 0.25) is 0 Å². The highest BCUT2D eigenvalue weighted by molar-refractivity contribution is 6.32. The van der Waals surface area contributed by atoms with E-state index in [1.165, 1.54) is 4.68 Å². The zero-order valence-corrected chi connectivity index (χ0v) is 13.5. The molecule has 0 saturated carbocycles. The lowest BCUT2D eigenvalue weighted by atomic mass is 9.90. The van der Waals surface area contributed by atoms with E-state index in [9.17, 15) is 4.79 Å². The SMILES string of the molecule is CC(C)(CCO)CNc1cnn(-c2ccccc2)c(=O)c1Cl. The van der Waals surface area contributed by atoms with Crippen molar-refractivity contribution in [2.24, 2.45) is 5.41 Å². The van der Waals surface area contributed by atoms with E-state index in [1.54, 1.807) is 18.3 Å². The van der Waals surface area contributed by atoms with Gasteiger partial charge in [0, 0.05) is 13.2 Å². The van der Waals surface area contributed by atoms with Crippen LogP contribution in [0.15, 0.2) is 41.3 Å². The number of aromatic nitrogens is 2. The van der Waals surface area contributed by atoms with Crippen LogP contribution in [0.2, 0.25) is 5.02 Å². The summed E-state index contributed by atoms with van der Waals surface area (Å²) in [6.45, 7) is 4.77. The van der Waals surface area contributed by atoms with Crippen molar-refractivity contribution < 1.29 is 5.11 Å². The van der Waals surface area contributed by atoms with Gasteiger partial charge in [-0.15, -0.1) is 0 Å². The molecule has 0 unspecified atom stereocenters. The molecular formula is C16H20ClN3O2. The lowest BCUT2D eigenvalue weighted by Gasteiger charge is -2.24. The van der Waals surface area contributed by atoms with Gasteiger partial charge in [-0.25, -0.2) is 0 Å². The van der Waals surface area contributed by atoms with Gasteiger partial charge in [-0.1, -0.05) is 43.6 Å². The lowest BCUT2D eigenvalue weighted by Crippen LogP contribution is -2.27. The number of rotatable bonds is 6. The molecule has 1 heterocycles. The number of halogens is 1. The van der Waals surface area contributed by atoms with Crippen molar-refractivity contribution in [1.82, 2.24) is 9.78 Å². The fourth-order valence-electron chi connectivity index (χ4n) is 2.03. The number of hydrogen-bond acceptors (Lipinski definition) is 4. The van der Waals surface area contributed by atoms with Gasteiger partial charge < -0.3 is 10.4 Å². The Morgan fingerprint density at radius 1 is 1.32 bits per heavy atom. The van der Waals surface area contributed by atoms with E-state index in [2.05, 4.69) is 10.4 Å². The van der Waals surface area contributed by atoms with E-state index in [4.69, 9.17) is 16.7 Å². The third kappa shape index (κ3) is 3.87. The van der Waals surface area contributed by atoms with Crippen LogP contribution in [0.1, 0.15) is 20.3 Å². The van der Waals surface area contributed by atoms with Crippen LogP contribution in [-0.4, -0.2) is 28.0 Å². The third-order valence-electron chi connectivity index (χ3n) is 3.47. The van der Waals surface area contributed by atoms with Crippen LogP contribution in [-0.2, 0) is 0 Å². The van der Waals surface area contributed by atoms with Crippen LogP contribution in [0.25, 0.3) is 5.69 Å². The number of anilines is 1. The van der Waals surface area contributed by atoms with E-state index < -0.39 is 0 Å². The molecule has 0 aliphatic heterocycles. The molecule has 1 aromatic carbocycles. The van der Waals surface area contributed by atoms with Gasteiger partial charge in [0.1, 0.15) is 5.02 Å². The Bertz CT molecular complexity index is 684. The van der Waals surface area contributed by atoms with Crippen molar-refractivity contribution in [2.75, 3.05) is 18.5 Å². The first-order valence-corrected chi connectivity index (χ1v) is 7.50. The van der Waals surface area contributed by atoms with E-state index in [0.717, 1.165) is 0 Å². The van der Waals surface area contributed by atoms with Gasteiger partial charge in [-0.05, 0) is 24.0 Å². The number of benzene rings is 1. The summed E-state index contributed by atoms with van der Waals surface area (Å²) in [6.07, 6.45) is 2.21. The number of nitrogens with one attached hydrogen (secondary N) is 1. The average Bonchev–Trinajstić information content (AvgIpc) is 2.49. The maximum absolute atomic E-state index is 12.3. The lowest BCUT2D eigenvalue weighted by molar-refractivity contribution is 0.220. The second kappa shape index (κ2) is 6.94. The summed E-state index contributed by atoms with van der Waals surface area (Å²) in [4.78, 5) is 12.3. The molecule has 118 valence electrons. The van der Waals surface area contributed by atoms with Crippen molar-refractivity contribution in [3.8, 4) is 5.69 Å². The Morgan fingerprint density at radius 3 is 2.64 bits per heavy atom. The van der Waals surface area contributed by atoms with Crippen LogP contribution in [0.3, 0.4) is 0 Å². The van der Waals surface area contributed by atoms with Crippen molar-refractivity contribution in [3.05, 3.63) is 51.9 Å². The molecular weight excluding hydrogens is 302 g/mol. The summed E-state index contributed by atoms with van der Waals surface area (Å²) in [7, 11) is 0. The van der Waals surface area contributed by atoms with Crippen LogP contribution in [0.4, 0.5) is 5.69 Å². The first-order chi connectivity index (χ1) is 10.4. The standard InChI is InChI=1S/C16H20ClN3O2/c1-16(2,8-9-21)11-18-13-10-19-20(15(22)14(13)17)12-6-4-3-5-7-12/h3-7,10,18,21H,8-9,11H2,1-2H3. The van der Waals surface area contributed by atoms with Gasteiger partial charge in [0.25, 0.3) is 5.56 Å².